The van der Waals surface area contributed by atoms with Crippen molar-refractivity contribution in [2.45, 2.75) is 40.0 Å². The van der Waals surface area contributed by atoms with Gasteiger partial charge in [0.15, 0.2) is 0 Å². The number of aryl methyl sites for hydroxylation is 2. The van der Waals surface area contributed by atoms with Crippen LogP contribution in [0.25, 0.3) is 0 Å². The van der Waals surface area contributed by atoms with E-state index in [0.29, 0.717) is 0 Å². The van der Waals surface area contributed by atoms with Crippen molar-refractivity contribution >= 4 is 0 Å². The summed E-state index contributed by atoms with van der Waals surface area (Å²) < 4.78 is 0. The molecule has 1 aliphatic rings. The lowest BCUT2D eigenvalue weighted by Crippen LogP contribution is -2.36. The van der Waals surface area contributed by atoms with E-state index in [2.05, 4.69) is 39.0 Å². The summed E-state index contributed by atoms with van der Waals surface area (Å²) in [6, 6.07) is 6.70. The summed E-state index contributed by atoms with van der Waals surface area (Å²) in [6.07, 6.45) is 3.73. The summed E-state index contributed by atoms with van der Waals surface area (Å²) in [5.74, 6) is 0.742. The van der Waals surface area contributed by atoms with E-state index in [1.807, 2.05) is 0 Å². The molecule has 0 heterocycles. The van der Waals surface area contributed by atoms with Crippen molar-refractivity contribution in [2.24, 2.45) is 17.1 Å². The molecule has 2 N–H and O–H groups in total. The molecule has 0 aliphatic heterocycles. The van der Waals surface area contributed by atoms with Crippen LogP contribution >= 0.6 is 0 Å². The minimum absolute atomic E-state index is 0.278. The Morgan fingerprint density at radius 1 is 1.38 bits per heavy atom. The van der Waals surface area contributed by atoms with Crippen LogP contribution in [0.5, 0.6) is 0 Å². The maximum absolute atomic E-state index is 5.90. The summed E-state index contributed by atoms with van der Waals surface area (Å²) in [7, 11) is 0. The summed E-state index contributed by atoms with van der Waals surface area (Å²) >= 11 is 0. The fourth-order valence-electron chi connectivity index (χ4n) is 2.80. The van der Waals surface area contributed by atoms with E-state index in [0.717, 1.165) is 12.5 Å². The quantitative estimate of drug-likeness (QED) is 0.809. The van der Waals surface area contributed by atoms with Gasteiger partial charge >= 0.3 is 0 Å². The lowest BCUT2D eigenvalue weighted by molar-refractivity contribution is 0.199. The molecule has 0 aromatic heterocycles. The fourth-order valence-corrected chi connectivity index (χ4v) is 2.80. The second kappa shape index (κ2) is 4.21. The smallest absolute Gasteiger partial charge is 0.00231 e. The molecule has 2 rings (SSSR count). The van der Waals surface area contributed by atoms with E-state index < -0.39 is 0 Å². The van der Waals surface area contributed by atoms with Gasteiger partial charge in [0.25, 0.3) is 0 Å². The minimum atomic E-state index is 0.278. The summed E-state index contributed by atoms with van der Waals surface area (Å²) in [5.41, 5.74) is 10.8. The zero-order valence-electron chi connectivity index (χ0n) is 10.7. The topological polar surface area (TPSA) is 26.0 Å². The molecular weight excluding hydrogens is 194 g/mol. The van der Waals surface area contributed by atoms with Crippen LogP contribution in [0, 0.1) is 18.3 Å². The highest BCUT2D eigenvalue weighted by Crippen LogP contribution is 2.37. The third-order valence-electron chi connectivity index (χ3n) is 4.35. The van der Waals surface area contributed by atoms with Gasteiger partial charge in [-0.2, -0.15) is 0 Å². The number of rotatable bonds is 2. The maximum atomic E-state index is 5.90. The summed E-state index contributed by atoms with van der Waals surface area (Å²) in [5, 5.41) is 0. The molecule has 88 valence electrons. The van der Waals surface area contributed by atoms with Crippen molar-refractivity contribution < 1.29 is 0 Å². The van der Waals surface area contributed by atoms with Crippen molar-refractivity contribution in [3.8, 4) is 0 Å². The first-order valence-electron chi connectivity index (χ1n) is 6.32. The van der Waals surface area contributed by atoms with E-state index >= 15 is 0 Å². The molecule has 1 aromatic rings. The Balaban J connectivity index is 2.27. The number of fused-ring (bicyclic) bond motifs is 1. The van der Waals surface area contributed by atoms with E-state index in [-0.39, 0.29) is 5.41 Å². The van der Waals surface area contributed by atoms with Crippen molar-refractivity contribution in [3.05, 3.63) is 34.9 Å². The molecule has 16 heavy (non-hydrogen) atoms. The molecule has 1 nitrogen and oxygen atoms in total. The van der Waals surface area contributed by atoms with Crippen LogP contribution in [0.4, 0.5) is 0 Å². The lowest BCUT2D eigenvalue weighted by atomic mass is 9.69. The van der Waals surface area contributed by atoms with Gasteiger partial charge in [-0.15, -0.1) is 0 Å². The van der Waals surface area contributed by atoms with Crippen LogP contribution in [0.1, 0.15) is 37.0 Å². The molecule has 1 aliphatic carbocycles. The first-order valence-corrected chi connectivity index (χ1v) is 6.32. The Labute approximate surface area is 99.0 Å². The molecule has 1 heteroatoms. The van der Waals surface area contributed by atoms with E-state index in [9.17, 15) is 0 Å². The number of benzene rings is 1. The first-order chi connectivity index (χ1) is 7.54. The monoisotopic (exact) mass is 217 g/mol. The summed E-state index contributed by atoms with van der Waals surface area (Å²) in [6.45, 7) is 7.64. The van der Waals surface area contributed by atoms with Gasteiger partial charge < -0.3 is 5.73 Å². The fraction of sp³-hybridized carbons (Fsp3) is 0.600. The third kappa shape index (κ3) is 2.01. The lowest BCUT2D eigenvalue weighted by Gasteiger charge is -2.37. The predicted molar refractivity (Wildman–Crippen MR) is 69.5 cm³/mol. The molecule has 0 spiro atoms. The largest absolute Gasteiger partial charge is 0.330 e. The second-order valence-electron chi connectivity index (χ2n) is 5.85. The Morgan fingerprint density at radius 2 is 2.12 bits per heavy atom. The number of hydrogen-bond acceptors (Lipinski definition) is 1. The molecule has 1 unspecified atom stereocenters. The van der Waals surface area contributed by atoms with Gasteiger partial charge in [-0.1, -0.05) is 32.0 Å². The van der Waals surface area contributed by atoms with Crippen LogP contribution in [0.3, 0.4) is 0 Å². The van der Waals surface area contributed by atoms with Gasteiger partial charge in [0.05, 0.1) is 0 Å². The average molecular weight is 217 g/mol. The highest BCUT2D eigenvalue weighted by molar-refractivity contribution is 5.36. The minimum Gasteiger partial charge on any atom is -0.330 e. The van der Waals surface area contributed by atoms with Gasteiger partial charge in [0.2, 0.25) is 0 Å². The number of nitrogens with two attached hydrogens (primary N) is 1. The molecule has 0 fully saturated rings. The highest BCUT2D eigenvalue weighted by atomic mass is 14.6. The molecule has 0 radical (unpaired) electrons. The Morgan fingerprint density at radius 3 is 2.81 bits per heavy atom. The van der Waals surface area contributed by atoms with Crippen molar-refractivity contribution in [3.63, 3.8) is 0 Å². The molecule has 1 atom stereocenters. The van der Waals surface area contributed by atoms with Crippen LogP contribution in [-0.2, 0) is 12.8 Å². The zero-order valence-corrected chi connectivity index (χ0v) is 10.7. The predicted octanol–water partition coefficient (Wildman–Crippen LogP) is 3.08. The van der Waals surface area contributed by atoms with Crippen molar-refractivity contribution in [1.82, 2.24) is 0 Å². The molecule has 0 saturated carbocycles. The van der Waals surface area contributed by atoms with Crippen molar-refractivity contribution in [1.29, 1.82) is 0 Å². The van der Waals surface area contributed by atoms with Gasteiger partial charge in [0.1, 0.15) is 0 Å². The third-order valence-corrected chi connectivity index (χ3v) is 4.35. The highest BCUT2D eigenvalue weighted by Gasteiger charge is 2.31. The Kier molecular flexibility index (Phi) is 3.07. The standard InChI is InChI=1S/C15H23N/c1-11-5-4-6-12-7-8-13(9-14(11)12)15(2,3)10-16/h4-6,13H,7-10,16H2,1-3H3. The number of hydrogen-bond donors (Lipinski definition) is 1. The van der Waals surface area contributed by atoms with Crippen LogP contribution in [0.2, 0.25) is 0 Å². The molecule has 0 bridgehead atoms. The van der Waals surface area contributed by atoms with Crippen LogP contribution in [0.15, 0.2) is 18.2 Å². The summed E-state index contributed by atoms with van der Waals surface area (Å²) in [4.78, 5) is 0. The Hall–Kier alpha value is -0.820. The van der Waals surface area contributed by atoms with E-state index in [4.69, 9.17) is 5.73 Å². The molecule has 1 aromatic carbocycles. The first kappa shape index (κ1) is 11.7. The van der Waals surface area contributed by atoms with Crippen LogP contribution < -0.4 is 5.73 Å². The normalized spacial score (nSPS) is 20.6. The maximum Gasteiger partial charge on any atom is -0.00231 e. The second-order valence-corrected chi connectivity index (χ2v) is 5.85. The molecule has 0 amide bonds. The zero-order chi connectivity index (χ0) is 11.8. The SMILES string of the molecule is Cc1cccc2c1CC(C(C)(C)CN)CC2. The van der Waals surface area contributed by atoms with Gasteiger partial charge in [0, 0.05) is 0 Å². The molecular formula is C15H23N. The van der Waals surface area contributed by atoms with Gasteiger partial charge in [-0.05, 0) is 60.8 Å². The van der Waals surface area contributed by atoms with E-state index in [1.165, 1.54) is 24.8 Å². The van der Waals surface area contributed by atoms with Crippen molar-refractivity contribution in [2.75, 3.05) is 6.54 Å². The van der Waals surface area contributed by atoms with E-state index in [1.54, 1.807) is 11.1 Å². The Bertz CT molecular complexity index is 379. The van der Waals surface area contributed by atoms with Gasteiger partial charge in [-0.3, -0.25) is 0 Å². The molecule has 0 saturated heterocycles. The average Bonchev–Trinajstić information content (AvgIpc) is 2.29. The van der Waals surface area contributed by atoms with Crippen LogP contribution in [-0.4, -0.2) is 6.54 Å². The van der Waals surface area contributed by atoms with Gasteiger partial charge in [-0.25, -0.2) is 0 Å².